The van der Waals surface area contributed by atoms with Crippen molar-refractivity contribution >= 4 is 0 Å². The summed E-state index contributed by atoms with van der Waals surface area (Å²) in [6.45, 7) is 10.6. The van der Waals surface area contributed by atoms with Crippen LogP contribution in [0.5, 0.6) is 5.75 Å². The van der Waals surface area contributed by atoms with Crippen LogP contribution in [0.25, 0.3) is 0 Å². The van der Waals surface area contributed by atoms with E-state index in [9.17, 15) is 10.2 Å². The summed E-state index contributed by atoms with van der Waals surface area (Å²) in [5, 5.41) is 20.9. The van der Waals surface area contributed by atoms with Gasteiger partial charge in [-0.2, -0.15) is 0 Å². The van der Waals surface area contributed by atoms with Crippen molar-refractivity contribution in [2.75, 3.05) is 20.8 Å². The first-order valence-electron chi connectivity index (χ1n) is 11.5. The van der Waals surface area contributed by atoms with Gasteiger partial charge in [-0.15, -0.1) is 0 Å². The lowest BCUT2D eigenvalue weighted by Gasteiger charge is -2.48. The summed E-state index contributed by atoms with van der Waals surface area (Å²) in [5.41, 5.74) is 1.06. The smallest absolute Gasteiger partial charge is 0.238 e. The number of ether oxygens (including phenoxy) is 4. The molecule has 6 nitrogen and oxygen atoms in total. The molecule has 1 unspecified atom stereocenters. The first-order chi connectivity index (χ1) is 15.2. The fourth-order valence-corrected chi connectivity index (χ4v) is 4.29. The van der Waals surface area contributed by atoms with Gasteiger partial charge in [0.25, 0.3) is 0 Å². The molecule has 0 saturated carbocycles. The molecule has 1 aliphatic rings. The summed E-state index contributed by atoms with van der Waals surface area (Å²) in [4.78, 5) is 0. The molecular weight excluding hydrogens is 408 g/mol. The van der Waals surface area contributed by atoms with Gasteiger partial charge in [-0.1, -0.05) is 45.7 Å². The molecular formula is C26H40O6. The Kier molecular flexibility index (Phi) is 10.00. The van der Waals surface area contributed by atoms with E-state index in [1.807, 2.05) is 45.0 Å². The van der Waals surface area contributed by atoms with Gasteiger partial charge in [-0.25, -0.2) is 0 Å². The third-order valence-corrected chi connectivity index (χ3v) is 6.61. The Hall–Kier alpha value is -1.62. The summed E-state index contributed by atoms with van der Waals surface area (Å²) in [7, 11) is 3.20. The van der Waals surface area contributed by atoms with Crippen molar-refractivity contribution in [3.8, 4) is 17.6 Å². The molecule has 180 valence electrons. The van der Waals surface area contributed by atoms with E-state index < -0.39 is 18.0 Å². The fraction of sp³-hybridized carbons (Fsp3) is 0.692. The van der Waals surface area contributed by atoms with Crippen LogP contribution in [0, 0.1) is 35.5 Å². The van der Waals surface area contributed by atoms with E-state index in [2.05, 4.69) is 18.8 Å². The summed E-state index contributed by atoms with van der Waals surface area (Å²) in [6.07, 6.45) is -0.765. The highest BCUT2D eigenvalue weighted by Crippen LogP contribution is 2.40. The maximum atomic E-state index is 11.0. The lowest BCUT2D eigenvalue weighted by Crippen LogP contribution is -2.59. The molecule has 32 heavy (non-hydrogen) atoms. The number of methoxy groups -OCH3 is 2. The van der Waals surface area contributed by atoms with Crippen molar-refractivity contribution in [1.82, 2.24) is 0 Å². The monoisotopic (exact) mass is 448 g/mol. The Labute approximate surface area is 193 Å². The summed E-state index contributed by atoms with van der Waals surface area (Å²) in [6, 6.07) is 7.78. The highest BCUT2D eigenvalue weighted by atomic mass is 16.7. The minimum Gasteiger partial charge on any atom is -0.497 e. The van der Waals surface area contributed by atoms with Gasteiger partial charge >= 0.3 is 0 Å². The van der Waals surface area contributed by atoms with Crippen LogP contribution in [-0.2, 0) is 20.8 Å². The molecule has 8 atom stereocenters. The molecule has 2 N–H and O–H groups in total. The molecule has 0 amide bonds. The Morgan fingerprint density at radius 1 is 1.16 bits per heavy atom. The Morgan fingerprint density at radius 3 is 2.34 bits per heavy atom. The second-order valence-corrected chi connectivity index (χ2v) is 8.96. The minimum absolute atomic E-state index is 0.0143. The Morgan fingerprint density at radius 2 is 1.81 bits per heavy atom. The normalized spacial score (nSPS) is 30.7. The zero-order valence-electron chi connectivity index (χ0n) is 20.5. The van der Waals surface area contributed by atoms with Gasteiger partial charge in [0.15, 0.2) is 0 Å². The highest BCUT2D eigenvalue weighted by molar-refractivity contribution is 5.26. The van der Waals surface area contributed by atoms with E-state index in [-0.39, 0.29) is 29.8 Å². The SMILES string of the molecule is CC[C@@H](C#CC1(OC)O[C@@H]([C@@H](C)COCc2ccc(OC)cc2)[C@@H](C)[C@@H](O)[C@@H]1C)[C@@H](C)O. The highest BCUT2D eigenvalue weighted by Gasteiger charge is 2.52. The van der Waals surface area contributed by atoms with Crippen LogP contribution in [0.2, 0.25) is 0 Å². The number of aliphatic hydroxyl groups is 2. The van der Waals surface area contributed by atoms with E-state index in [4.69, 9.17) is 18.9 Å². The first kappa shape index (κ1) is 26.6. The summed E-state index contributed by atoms with van der Waals surface area (Å²) in [5.74, 6) is 5.22. The maximum Gasteiger partial charge on any atom is 0.238 e. The predicted molar refractivity (Wildman–Crippen MR) is 124 cm³/mol. The van der Waals surface area contributed by atoms with Gasteiger partial charge in [0.1, 0.15) is 5.75 Å². The van der Waals surface area contributed by atoms with Gasteiger partial charge in [-0.05, 0) is 37.0 Å². The number of aliphatic hydroxyl groups excluding tert-OH is 2. The summed E-state index contributed by atoms with van der Waals surface area (Å²) < 4.78 is 23.4. The quantitative estimate of drug-likeness (QED) is 0.562. The van der Waals surface area contributed by atoms with E-state index in [0.717, 1.165) is 17.7 Å². The van der Waals surface area contributed by atoms with Crippen LogP contribution < -0.4 is 4.74 Å². The van der Waals surface area contributed by atoms with Crippen molar-refractivity contribution < 1.29 is 29.2 Å². The van der Waals surface area contributed by atoms with E-state index in [0.29, 0.717) is 13.2 Å². The van der Waals surface area contributed by atoms with Gasteiger partial charge < -0.3 is 29.2 Å². The van der Waals surface area contributed by atoms with Crippen molar-refractivity contribution in [2.24, 2.45) is 23.7 Å². The Bertz CT molecular complexity index is 752. The van der Waals surface area contributed by atoms with Crippen molar-refractivity contribution in [3.63, 3.8) is 0 Å². The van der Waals surface area contributed by atoms with E-state index >= 15 is 0 Å². The third kappa shape index (κ3) is 6.24. The molecule has 1 fully saturated rings. The molecule has 2 rings (SSSR count). The van der Waals surface area contributed by atoms with Crippen LogP contribution in [0.4, 0.5) is 0 Å². The molecule has 1 aliphatic heterocycles. The van der Waals surface area contributed by atoms with Crippen LogP contribution in [0.1, 0.15) is 46.6 Å². The molecule has 6 heteroatoms. The molecule has 1 aromatic carbocycles. The molecule has 1 heterocycles. The minimum atomic E-state index is -1.23. The number of benzene rings is 1. The van der Waals surface area contributed by atoms with Gasteiger partial charge in [0.2, 0.25) is 5.79 Å². The lowest BCUT2D eigenvalue weighted by molar-refractivity contribution is -0.306. The maximum absolute atomic E-state index is 11.0. The number of hydrogen-bond donors (Lipinski definition) is 2. The van der Waals surface area contributed by atoms with Gasteiger partial charge in [0, 0.05) is 30.8 Å². The molecule has 1 aromatic rings. The van der Waals surface area contributed by atoms with Crippen LogP contribution >= 0.6 is 0 Å². The van der Waals surface area contributed by atoms with E-state index in [1.54, 1.807) is 21.1 Å². The predicted octanol–water partition coefficient (Wildman–Crippen LogP) is 3.63. The molecule has 0 radical (unpaired) electrons. The number of hydrogen-bond acceptors (Lipinski definition) is 6. The van der Waals surface area contributed by atoms with Crippen LogP contribution in [0.3, 0.4) is 0 Å². The Balaban J connectivity index is 2.11. The molecule has 0 bridgehead atoms. The fourth-order valence-electron chi connectivity index (χ4n) is 4.29. The van der Waals surface area contributed by atoms with E-state index in [1.165, 1.54) is 0 Å². The second-order valence-electron chi connectivity index (χ2n) is 8.96. The zero-order valence-corrected chi connectivity index (χ0v) is 20.5. The molecule has 1 saturated heterocycles. The van der Waals surface area contributed by atoms with Crippen LogP contribution in [-0.4, -0.2) is 55.1 Å². The third-order valence-electron chi connectivity index (χ3n) is 6.61. The number of rotatable bonds is 9. The summed E-state index contributed by atoms with van der Waals surface area (Å²) >= 11 is 0. The standard InChI is InChI=1S/C26H40O6/c1-8-22(20(5)27)13-14-26(30-7)19(4)24(28)18(3)25(32-26)17(2)15-31-16-21-9-11-23(29-6)12-10-21/h9-12,17-20,22,24-25,27-28H,8,15-16H2,1-7H3/t17-,18-,19-,20+,22-,24+,25-,26?/m0/s1. The molecule has 0 spiro atoms. The van der Waals surface area contributed by atoms with Crippen LogP contribution in [0.15, 0.2) is 24.3 Å². The van der Waals surface area contributed by atoms with Gasteiger partial charge in [0.05, 0.1) is 38.6 Å². The van der Waals surface area contributed by atoms with Gasteiger partial charge in [-0.3, -0.25) is 0 Å². The lowest BCUT2D eigenvalue weighted by atomic mass is 9.77. The first-order valence-corrected chi connectivity index (χ1v) is 11.5. The van der Waals surface area contributed by atoms with Crippen molar-refractivity contribution in [3.05, 3.63) is 29.8 Å². The average molecular weight is 449 g/mol. The topological polar surface area (TPSA) is 77.4 Å². The average Bonchev–Trinajstić information content (AvgIpc) is 2.79. The zero-order chi connectivity index (χ0) is 23.9. The second kappa shape index (κ2) is 12.0. The molecule has 0 aromatic heterocycles. The van der Waals surface area contributed by atoms with Crippen molar-refractivity contribution in [1.29, 1.82) is 0 Å². The largest absolute Gasteiger partial charge is 0.497 e. The molecule has 0 aliphatic carbocycles. The van der Waals surface area contributed by atoms with Crippen molar-refractivity contribution in [2.45, 2.75) is 71.7 Å².